The van der Waals surface area contributed by atoms with E-state index in [-0.39, 0.29) is 11.9 Å². The molecule has 1 saturated carbocycles. The van der Waals surface area contributed by atoms with E-state index < -0.39 is 5.54 Å². The number of nitrogens with zero attached hydrogens (tertiary/aromatic N) is 3. The maximum absolute atomic E-state index is 12.7. The number of nitrogens with one attached hydrogen (secondary N) is 1. The highest BCUT2D eigenvalue weighted by molar-refractivity contribution is 6.07. The van der Waals surface area contributed by atoms with Crippen molar-refractivity contribution in [2.45, 2.75) is 31.8 Å². The molecule has 4 rings (SSSR count). The van der Waals surface area contributed by atoms with Crippen LogP contribution in [0.5, 0.6) is 0 Å². The van der Waals surface area contributed by atoms with Gasteiger partial charge in [0.15, 0.2) is 0 Å². The maximum atomic E-state index is 12.7. The summed E-state index contributed by atoms with van der Waals surface area (Å²) in [4.78, 5) is 31.0. The quantitative estimate of drug-likeness (QED) is 0.824. The molecule has 134 valence electrons. The van der Waals surface area contributed by atoms with Gasteiger partial charge in [-0.2, -0.15) is 0 Å². The van der Waals surface area contributed by atoms with Crippen molar-refractivity contribution < 1.29 is 9.59 Å². The Morgan fingerprint density at radius 1 is 1.04 bits per heavy atom. The first kappa shape index (κ1) is 16.5. The van der Waals surface area contributed by atoms with Crippen molar-refractivity contribution >= 4 is 11.9 Å². The van der Waals surface area contributed by atoms with Gasteiger partial charge in [-0.15, -0.1) is 0 Å². The normalized spacial score (nSPS) is 28.4. The van der Waals surface area contributed by atoms with Crippen molar-refractivity contribution in [3.63, 3.8) is 0 Å². The summed E-state index contributed by atoms with van der Waals surface area (Å²) in [5, 5.41) is 2.92. The molecule has 0 aromatic heterocycles. The van der Waals surface area contributed by atoms with Crippen LogP contribution in [0.3, 0.4) is 0 Å². The van der Waals surface area contributed by atoms with Crippen molar-refractivity contribution in [3.05, 3.63) is 35.9 Å². The van der Waals surface area contributed by atoms with Gasteiger partial charge >= 0.3 is 6.03 Å². The third-order valence-corrected chi connectivity index (χ3v) is 5.75. The topological polar surface area (TPSA) is 55.9 Å². The standard InChI is InChI=1S/C19H26N4O2/c1-19(16-7-8-16)17(24)23(18(25)20-19)14-22-11-9-21(10-12-22)13-15-5-3-2-4-6-15/h2-6,16H,7-14H2,1H3,(H,20,25)/t19-/m1/s1. The molecule has 25 heavy (non-hydrogen) atoms. The average molecular weight is 342 g/mol. The summed E-state index contributed by atoms with van der Waals surface area (Å²) in [6, 6.07) is 10.2. The van der Waals surface area contributed by atoms with E-state index in [1.807, 2.05) is 13.0 Å². The number of hydrogen-bond acceptors (Lipinski definition) is 4. The lowest BCUT2D eigenvalue weighted by Crippen LogP contribution is -2.51. The van der Waals surface area contributed by atoms with Gasteiger partial charge in [0.2, 0.25) is 0 Å². The Bertz CT molecular complexity index is 653. The third-order valence-electron chi connectivity index (χ3n) is 5.75. The van der Waals surface area contributed by atoms with Crippen molar-refractivity contribution in [2.75, 3.05) is 32.8 Å². The van der Waals surface area contributed by atoms with Gasteiger partial charge in [-0.1, -0.05) is 30.3 Å². The second kappa shape index (κ2) is 6.42. The molecule has 1 aromatic rings. The van der Waals surface area contributed by atoms with Gasteiger partial charge in [0.1, 0.15) is 5.54 Å². The van der Waals surface area contributed by atoms with Crippen molar-refractivity contribution in [3.8, 4) is 0 Å². The molecule has 2 heterocycles. The van der Waals surface area contributed by atoms with Gasteiger partial charge in [-0.05, 0) is 31.2 Å². The molecular weight excluding hydrogens is 316 g/mol. The van der Waals surface area contributed by atoms with Gasteiger partial charge in [0, 0.05) is 32.7 Å². The second-order valence-corrected chi connectivity index (χ2v) is 7.66. The predicted molar refractivity (Wildman–Crippen MR) is 94.7 cm³/mol. The van der Waals surface area contributed by atoms with Gasteiger partial charge < -0.3 is 5.32 Å². The van der Waals surface area contributed by atoms with Gasteiger partial charge in [0.05, 0.1) is 6.67 Å². The molecular formula is C19H26N4O2. The number of carbonyl (C=O) groups is 2. The number of urea groups is 1. The first-order valence-corrected chi connectivity index (χ1v) is 9.19. The first-order valence-electron chi connectivity index (χ1n) is 9.19. The zero-order valence-electron chi connectivity index (χ0n) is 14.8. The van der Waals surface area contributed by atoms with E-state index in [1.165, 1.54) is 10.5 Å². The van der Waals surface area contributed by atoms with Crippen LogP contribution in [-0.4, -0.2) is 65.0 Å². The number of carbonyl (C=O) groups excluding carboxylic acids is 2. The van der Waals surface area contributed by atoms with Crippen molar-refractivity contribution in [2.24, 2.45) is 5.92 Å². The lowest BCUT2D eigenvalue weighted by Gasteiger charge is -2.36. The molecule has 2 aliphatic heterocycles. The molecule has 1 aromatic carbocycles. The van der Waals surface area contributed by atoms with Crippen LogP contribution in [0.25, 0.3) is 0 Å². The third kappa shape index (κ3) is 3.28. The van der Waals surface area contributed by atoms with E-state index in [1.54, 1.807) is 0 Å². The number of hydrogen-bond donors (Lipinski definition) is 1. The van der Waals surface area contributed by atoms with Crippen molar-refractivity contribution in [1.29, 1.82) is 0 Å². The van der Waals surface area contributed by atoms with Crippen LogP contribution >= 0.6 is 0 Å². The number of amides is 3. The monoisotopic (exact) mass is 342 g/mol. The minimum atomic E-state index is -0.674. The molecule has 0 spiro atoms. The van der Waals surface area contributed by atoms with Crippen LogP contribution in [0.4, 0.5) is 4.79 Å². The highest BCUT2D eigenvalue weighted by Gasteiger charge is 2.56. The molecule has 6 nitrogen and oxygen atoms in total. The van der Waals surface area contributed by atoms with E-state index in [0.717, 1.165) is 45.6 Å². The molecule has 3 amide bonds. The Balaban J connectivity index is 1.30. The molecule has 1 aliphatic carbocycles. The molecule has 0 unspecified atom stereocenters. The number of rotatable bonds is 5. The summed E-state index contributed by atoms with van der Waals surface area (Å²) < 4.78 is 0. The molecule has 1 N–H and O–H groups in total. The largest absolute Gasteiger partial charge is 0.326 e. The van der Waals surface area contributed by atoms with Gasteiger partial charge in [-0.3, -0.25) is 14.6 Å². The Hall–Kier alpha value is -1.92. The zero-order chi connectivity index (χ0) is 17.4. The number of imide groups is 1. The minimum absolute atomic E-state index is 0.0493. The van der Waals surface area contributed by atoms with Crippen LogP contribution < -0.4 is 5.32 Å². The fraction of sp³-hybridized carbons (Fsp3) is 0.579. The zero-order valence-corrected chi connectivity index (χ0v) is 14.8. The minimum Gasteiger partial charge on any atom is -0.323 e. The van der Waals surface area contributed by atoms with E-state index >= 15 is 0 Å². The molecule has 2 saturated heterocycles. The summed E-state index contributed by atoms with van der Waals surface area (Å²) in [5.74, 6) is 0.267. The van der Waals surface area contributed by atoms with Gasteiger partial charge in [0.25, 0.3) is 5.91 Å². The highest BCUT2D eigenvalue weighted by atomic mass is 16.2. The fourth-order valence-electron chi connectivity index (χ4n) is 3.91. The smallest absolute Gasteiger partial charge is 0.323 e. The SMILES string of the molecule is C[C@]1(C2CC2)NC(=O)N(CN2CCN(Cc3ccccc3)CC2)C1=O. The lowest BCUT2D eigenvalue weighted by atomic mass is 9.96. The maximum Gasteiger partial charge on any atom is 0.326 e. The Morgan fingerprint density at radius 2 is 1.68 bits per heavy atom. The molecule has 1 atom stereocenters. The van der Waals surface area contributed by atoms with Crippen LogP contribution in [0.2, 0.25) is 0 Å². The van der Waals surface area contributed by atoms with Crippen LogP contribution in [0.15, 0.2) is 30.3 Å². The summed E-state index contributed by atoms with van der Waals surface area (Å²) in [6.45, 7) is 6.91. The Morgan fingerprint density at radius 3 is 2.32 bits per heavy atom. The summed E-state index contributed by atoms with van der Waals surface area (Å²) >= 11 is 0. The molecule has 0 bridgehead atoms. The lowest BCUT2D eigenvalue weighted by molar-refractivity contribution is -0.133. The highest BCUT2D eigenvalue weighted by Crippen LogP contribution is 2.42. The summed E-state index contributed by atoms with van der Waals surface area (Å²) in [6.07, 6.45) is 2.07. The molecule has 0 radical (unpaired) electrons. The number of piperazine rings is 1. The predicted octanol–water partition coefficient (Wildman–Crippen LogP) is 1.48. The fourth-order valence-corrected chi connectivity index (χ4v) is 3.91. The van der Waals surface area contributed by atoms with Crippen LogP contribution in [0.1, 0.15) is 25.3 Å². The van der Waals surface area contributed by atoms with E-state index in [0.29, 0.717) is 12.6 Å². The van der Waals surface area contributed by atoms with E-state index in [4.69, 9.17) is 0 Å². The van der Waals surface area contributed by atoms with Crippen LogP contribution in [0, 0.1) is 5.92 Å². The second-order valence-electron chi connectivity index (χ2n) is 7.66. The molecule has 3 aliphatic rings. The van der Waals surface area contributed by atoms with Crippen LogP contribution in [-0.2, 0) is 11.3 Å². The van der Waals surface area contributed by atoms with Crippen molar-refractivity contribution in [1.82, 2.24) is 20.0 Å². The summed E-state index contributed by atoms with van der Waals surface area (Å²) in [5.41, 5.74) is 0.650. The Kier molecular flexibility index (Phi) is 4.25. The van der Waals surface area contributed by atoms with E-state index in [9.17, 15) is 9.59 Å². The molecule has 6 heteroatoms. The number of benzene rings is 1. The average Bonchev–Trinajstić information content (AvgIpc) is 3.44. The molecule has 3 fully saturated rings. The van der Waals surface area contributed by atoms with E-state index in [2.05, 4.69) is 39.4 Å². The first-order chi connectivity index (χ1) is 12.1. The van der Waals surface area contributed by atoms with Gasteiger partial charge in [-0.25, -0.2) is 9.69 Å². The Labute approximate surface area is 148 Å². The summed E-state index contributed by atoms with van der Waals surface area (Å²) in [7, 11) is 0.